The fourth-order valence-electron chi connectivity index (χ4n) is 3.16. The van der Waals surface area contributed by atoms with E-state index in [1.165, 1.54) is 0 Å². The number of carbonyl (C=O) groups is 2. The zero-order chi connectivity index (χ0) is 17.0. The van der Waals surface area contributed by atoms with Crippen molar-refractivity contribution in [2.45, 2.75) is 60.2 Å². The van der Waals surface area contributed by atoms with Gasteiger partial charge in [-0.2, -0.15) is 0 Å². The van der Waals surface area contributed by atoms with Gasteiger partial charge in [0.2, 0.25) is 9.39 Å². The lowest BCUT2D eigenvalue weighted by Gasteiger charge is -2.32. The Morgan fingerprint density at radius 3 is 2.57 bits per heavy atom. The maximum atomic E-state index is 12.2. The number of fused-ring (bicyclic) bond motifs is 4. The van der Waals surface area contributed by atoms with Crippen molar-refractivity contribution in [1.29, 1.82) is 0 Å². The third-order valence-corrected chi connectivity index (χ3v) is 4.24. The fraction of sp³-hybridized carbons (Fsp3) is 0.846. The molecule has 2 saturated heterocycles. The molecule has 3 fully saturated rings. The van der Waals surface area contributed by atoms with Crippen molar-refractivity contribution >= 4 is 46.9 Å². The molecule has 2 aliphatic heterocycles. The van der Waals surface area contributed by atoms with Crippen LogP contribution in [0.4, 0.5) is 4.79 Å². The van der Waals surface area contributed by atoms with Crippen molar-refractivity contribution in [2.24, 2.45) is 0 Å². The van der Waals surface area contributed by atoms with Crippen molar-refractivity contribution in [2.75, 3.05) is 6.61 Å². The molecule has 4 atom stereocenters. The first-order valence-electron chi connectivity index (χ1n) is 6.99. The van der Waals surface area contributed by atoms with Crippen LogP contribution in [0.2, 0.25) is 0 Å². The molecule has 7 nitrogen and oxygen atoms in total. The third-order valence-electron chi connectivity index (χ3n) is 3.91. The van der Waals surface area contributed by atoms with Gasteiger partial charge >= 0.3 is 12.1 Å². The van der Waals surface area contributed by atoms with E-state index in [0.29, 0.717) is 0 Å². The molecule has 0 aromatic heterocycles. The Hall–Kier alpha value is -0.470. The largest absolute Gasteiger partial charge is 0.509 e. The Morgan fingerprint density at radius 2 is 1.91 bits per heavy atom. The van der Waals surface area contributed by atoms with Gasteiger partial charge in [-0.1, -0.05) is 34.8 Å². The molecule has 1 aliphatic carbocycles. The Labute approximate surface area is 147 Å². The van der Waals surface area contributed by atoms with E-state index in [0.717, 1.165) is 0 Å². The average Bonchev–Trinajstić information content (AvgIpc) is 2.82. The van der Waals surface area contributed by atoms with Crippen molar-refractivity contribution < 1.29 is 33.3 Å². The van der Waals surface area contributed by atoms with Gasteiger partial charge in [0.05, 0.1) is 6.10 Å². The van der Waals surface area contributed by atoms with Crippen LogP contribution >= 0.6 is 34.8 Å². The number of rotatable bonds is 2. The molecule has 0 radical (unpaired) electrons. The molecule has 0 spiro atoms. The molecule has 0 unspecified atom stereocenters. The molecule has 0 amide bonds. The monoisotopic (exact) mass is 388 g/mol. The first-order valence-corrected chi connectivity index (χ1v) is 8.12. The molecule has 23 heavy (non-hydrogen) atoms. The van der Waals surface area contributed by atoms with Crippen molar-refractivity contribution in [3.8, 4) is 0 Å². The van der Waals surface area contributed by atoms with Crippen LogP contribution < -0.4 is 0 Å². The summed E-state index contributed by atoms with van der Waals surface area (Å²) in [6.45, 7) is 3.04. The highest BCUT2D eigenvalue weighted by atomic mass is 35.6. The van der Waals surface area contributed by atoms with Gasteiger partial charge < -0.3 is 23.7 Å². The van der Waals surface area contributed by atoms with E-state index in [2.05, 4.69) is 0 Å². The van der Waals surface area contributed by atoms with Crippen LogP contribution in [0, 0.1) is 0 Å². The van der Waals surface area contributed by atoms with Crippen LogP contribution in [0.5, 0.6) is 0 Å². The Bertz CT molecular complexity index is 532. The van der Waals surface area contributed by atoms with E-state index in [1.54, 1.807) is 13.8 Å². The van der Waals surface area contributed by atoms with E-state index < -0.39 is 46.1 Å². The van der Waals surface area contributed by atoms with Gasteiger partial charge in [-0.25, -0.2) is 9.59 Å². The lowest BCUT2D eigenvalue weighted by molar-refractivity contribution is -0.173. The number of alkyl halides is 3. The minimum Gasteiger partial charge on any atom is -0.456 e. The summed E-state index contributed by atoms with van der Waals surface area (Å²) >= 11 is 16.5. The number of hydrogen-bond donors (Lipinski definition) is 0. The summed E-state index contributed by atoms with van der Waals surface area (Å²) in [5.41, 5.74) is -1.46. The molecular formula is C13H15Cl3O7. The molecule has 1 saturated carbocycles. The maximum absolute atomic E-state index is 12.2. The summed E-state index contributed by atoms with van der Waals surface area (Å²) in [4.78, 5) is 24.0. The zero-order valence-corrected chi connectivity index (χ0v) is 14.6. The molecule has 2 heterocycles. The Kier molecular flexibility index (Phi) is 4.17. The standard InChI is InChI=1S/C13H15Cl3O7/c1-11(2)21-7-4-12(23-10(18)19-5-13(14,15)16)3-6(8(7)22-11)20-9(12)17/h6-8H,3-5H2,1-2H3/t6-,7-,8+,12-/m1/s1. The van der Waals surface area contributed by atoms with Gasteiger partial charge in [-0.3, -0.25) is 0 Å². The van der Waals surface area contributed by atoms with Gasteiger partial charge in [-0.15, -0.1) is 0 Å². The summed E-state index contributed by atoms with van der Waals surface area (Å²) in [6.07, 6.45) is -2.15. The lowest BCUT2D eigenvalue weighted by atomic mass is 9.82. The summed E-state index contributed by atoms with van der Waals surface area (Å²) in [7, 11) is 0. The molecule has 0 aromatic rings. The quantitative estimate of drug-likeness (QED) is 0.530. The molecule has 2 bridgehead atoms. The number of carbonyl (C=O) groups excluding carboxylic acids is 2. The second-order valence-corrected chi connectivity index (χ2v) is 8.76. The summed E-state index contributed by atoms with van der Waals surface area (Å²) < 4.78 is 25.0. The molecule has 3 aliphatic rings. The lowest BCUT2D eigenvalue weighted by Crippen LogP contribution is -2.50. The summed E-state index contributed by atoms with van der Waals surface area (Å²) in [6, 6.07) is 0. The molecule has 0 N–H and O–H groups in total. The number of ether oxygens (including phenoxy) is 5. The second kappa shape index (κ2) is 5.52. The maximum Gasteiger partial charge on any atom is 0.509 e. The minimum absolute atomic E-state index is 0.124. The van der Waals surface area contributed by atoms with Crippen molar-refractivity contribution in [1.82, 2.24) is 0 Å². The summed E-state index contributed by atoms with van der Waals surface area (Å²) in [5, 5.41) is 0. The molecule has 3 rings (SSSR count). The number of esters is 1. The molecule has 10 heteroatoms. The van der Waals surface area contributed by atoms with Crippen LogP contribution in [-0.2, 0) is 28.5 Å². The van der Waals surface area contributed by atoms with Crippen LogP contribution in [0.1, 0.15) is 26.7 Å². The Balaban J connectivity index is 1.69. The first kappa shape index (κ1) is 17.4. The van der Waals surface area contributed by atoms with E-state index in [-0.39, 0.29) is 18.9 Å². The fourth-order valence-corrected chi connectivity index (χ4v) is 3.32. The third kappa shape index (κ3) is 3.49. The Morgan fingerprint density at radius 1 is 1.26 bits per heavy atom. The highest BCUT2D eigenvalue weighted by molar-refractivity contribution is 6.67. The average molecular weight is 390 g/mol. The van der Waals surface area contributed by atoms with Gasteiger partial charge in [0.15, 0.2) is 5.79 Å². The molecule has 130 valence electrons. The SMILES string of the molecule is CC1(C)O[C@H]2[C@H]3C[C@@](OC(=O)OCC(Cl)(Cl)Cl)(C[C@H]2O1)C(=O)O3. The van der Waals surface area contributed by atoms with Crippen molar-refractivity contribution in [3.63, 3.8) is 0 Å². The smallest absolute Gasteiger partial charge is 0.456 e. The van der Waals surface area contributed by atoms with Gasteiger partial charge in [0.25, 0.3) is 0 Å². The van der Waals surface area contributed by atoms with Gasteiger partial charge in [0, 0.05) is 12.8 Å². The second-order valence-electron chi connectivity index (χ2n) is 6.24. The predicted octanol–water partition coefficient (Wildman–Crippen LogP) is 2.49. The topological polar surface area (TPSA) is 80.3 Å². The van der Waals surface area contributed by atoms with Crippen molar-refractivity contribution in [3.05, 3.63) is 0 Å². The zero-order valence-electron chi connectivity index (χ0n) is 12.3. The van der Waals surface area contributed by atoms with Crippen LogP contribution in [0.3, 0.4) is 0 Å². The van der Waals surface area contributed by atoms with Gasteiger partial charge in [0.1, 0.15) is 18.8 Å². The normalized spacial score (nSPS) is 38.0. The van der Waals surface area contributed by atoms with E-state index >= 15 is 0 Å². The molecular weight excluding hydrogens is 374 g/mol. The first-order chi connectivity index (χ1) is 10.5. The van der Waals surface area contributed by atoms with Crippen LogP contribution in [0.15, 0.2) is 0 Å². The van der Waals surface area contributed by atoms with E-state index in [9.17, 15) is 9.59 Å². The number of hydrogen-bond acceptors (Lipinski definition) is 7. The highest BCUT2D eigenvalue weighted by Gasteiger charge is 2.65. The molecule has 0 aromatic carbocycles. The van der Waals surface area contributed by atoms with E-state index in [4.69, 9.17) is 58.5 Å². The van der Waals surface area contributed by atoms with Crippen LogP contribution in [0.25, 0.3) is 0 Å². The van der Waals surface area contributed by atoms with E-state index in [1.807, 2.05) is 0 Å². The number of halogens is 3. The predicted molar refractivity (Wildman–Crippen MR) is 78.4 cm³/mol. The van der Waals surface area contributed by atoms with Crippen LogP contribution in [-0.4, -0.2) is 52.2 Å². The minimum atomic E-state index is -1.76. The summed E-state index contributed by atoms with van der Waals surface area (Å²) in [5.74, 6) is -1.43. The highest BCUT2D eigenvalue weighted by Crippen LogP contribution is 2.48. The van der Waals surface area contributed by atoms with Gasteiger partial charge in [-0.05, 0) is 13.8 Å².